The second-order valence-electron chi connectivity index (χ2n) is 10.9. The van der Waals surface area contributed by atoms with E-state index in [1.54, 1.807) is 55.5 Å². The second-order valence-corrected chi connectivity index (χ2v) is 11.7. The minimum atomic E-state index is -0.738. The number of methoxy groups -OCH3 is 2. The summed E-state index contributed by atoms with van der Waals surface area (Å²) >= 11 is 12.0. The van der Waals surface area contributed by atoms with Gasteiger partial charge in [0.2, 0.25) is 0 Å². The van der Waals surface area contributed by atoms with Gasteiger partial charge in [-0.3, -0.25) is 19.2 Å². The highest BCUT2D eigenvalue weighted by atomic mass is 35.5. The molecule has 0 aromatic heterocycles. The van der Waals surface area contributed by atoms with Crippen LogP contribution in [0.25, 0.3) is 0 Å². The molecule has 0 aliphatic rings. The Morgan fingerprint density at radius 3 is 1.46 bits per heavy atom. The highest BCUT2D eigenvalue weighted by Gasteiger charge is 2.16. The maximum atomic E-state index is 12.3. The fourth-order valence-corrected chi connectivity index (χ4v) is 4.92. The minimum Gasteiger partial charge on any atom is -0.469 e. The van der Waals surface area contributed by atoms with E-state index >= 15 is 0 Å². The number of benzene rings is 4. The molecule has 2 atom stereocenters. The highest BCUT2D eigenvalue weighted by molar-refractivity contribution is 6.35. The van der Waals surface area contributed by atoms with Crippen LogP contribution in [0, 0.1) is 28.6 Å². The number of ether oxygens (including phenoxy) is 2. The summed E-state index contributed by atoms with van der Waals surface area (Å²) in [6, 6.07) is 26.3. The summed E-state index contributed by atoms with van der Waals surface area (Å²) in [5.41, 5.74) is 9.83. The van der Waals surface area contributed by atoms with E-state index in [9.17, 15) is 19.2 Å². The Kier molecular flexibility index (Phi) is 14.5. The van der Waals surface area contributed by atoms with Gasteiger partial charge in [0.1, 0.15) is 6.04 Å². The molecule has 0 aliphatic carbocycles. The zero-order valence-corrected chi connectivity index (χ0v) is 28.8. The molecule has 0 bridgehead atoms. The van der Waals surface area contributed by atoms with Crippen LogP contribution in [0.15, 0.2) is 84.9 Å². The smallest absolute Gasteiger partial charge is 0.322 e. The van der Waals surface area contributed by atoms with Gasteiger partial charge in [-0.1, -0.05) is 54.4 Å². The Morgan fingerprint density at radius 1 is 0.680 bits per heavy atom. The molecule has 0 aliphatic heterocycles. The monoisotopic (exact) mass is 713 g/mol. The van der Waals surface area contributed by atoms with Crippen LogP contribution in [-0.4, -0.2) is 44.0 Å². The molecule has 13 heteroatoms. The molecular formula is C37H33Cl2N5O6. The lowest BCUT2D eigenvalue weighted by Crippen LogP contribution is -2.33. The highest BCUT2D eigenvalue weighted by Crippen LogP contribution is 2.22. The zero-order chi connectivity index (χ0) is 36.8. The molecule has 4 aromatic rings. The van der Waals surface area contributed by atoms with Crippen molar-refractivity contribution in [2.75, 3.05) is 24.9 Å². The van der Waals surface area contributed by atoms with E-state index in [1.807, 2.05) is 24.3 Å². The van der Waals surface area contributed by atoms with Crippen LogP contribution in [0.1, 0.15) is 49.9 Å². The van der Waals surface area contributed by atoms with Crippen molar-refractivity contribution in [3.63, 3.8) is 0 Å². The van der Waals surface area contributed by atoms with Gasteiger partial charge in [0.05, 0.1) is 64.6 Å². The van der Waals surface area contributed by atoms with Gasteiger partial charge in [-0.15, -0.1) is 0 Å². The molecular weight excluding hydrogens is 681 g/mol. The number of rotatable bonds is 10. The average Bonchev–Trinajstić information content (AvgIpc) is 3.13. The SMILES string of the molecule is COC(=O)C(C)Cc1ccc(NC(=O)c2cc(C#N)ccc2Cl)cc1.COC(=O)C(N)Cc1ccc(NC(=O)c2cc(C#N)ccc2Cl)cc1. The Morgan fingerprint density at radius 2 is 1.08 bits per heavy atom. The number of esters is 2. The van der Waals surface area contributed by atoms with Crippen molar-refractivity contribution in [3.8, 4) is 12.1 Å². The van der Waals surface area contributed by atoms with E-state index in [2.05, 4.69) is 15.4 Å². The van der Waals surface area contributed by atoms with Crippen molar-refractivity contribution in [2.24, 2.45) is 11.7 Å². The topological polar surface area (TPSA) is 184 Å². The number of amides is 2. The van der Waals surface area contributed by atoms with E-state index in [0.29, 0.717) is 35.3 Å². The first-order valence-electron chi connectivity index (χ1n) is 15.0. The summed E-state index contributed by atoms with van der Waals surface area (Å²) in [5.74, 6) is -1.79. The number of nitrogens with zero attached hydrogens (tertiary/aromatic N) is 2. The fourth-order valence-electron chi connectivity index (χ4n) is 4.51. The number of nitrogens with one attached hydrogen (secondary N) is 2. The molecule has 0 radical (unpaired) electrons. The fraction of sp³-hybridized carbons (Fsp3) is 0.189. The lowest BCUT2D eigenvalue weighted by molar-refractivity contribution is -0.145. The summed E-state index contributed by atoms with van der Waals surface area (Å²) in [5, 5.41) is 23.8. The Balaban J connectivity index is 0.000000270. The first-order valence-corrected chi connectivity index (χ1v) is 15.8. The number of nitriles is 2. The molecule has 50 heavy (non-hydrogen) atoms. The number of carbonyl (C=O) groups is 4. The first kappa shape index (κ1) is 38.7. The van der Waals surface area contributed by atoms with E-state index in [-0.39, 0.29) is 33.1 Å². The summed E-state index contributed by atoms with van der Waals surface area (Å²) in [6.45, 7) is 1.80. The number of nitrogens with two attached hydrogens (primary N) is 1. The zero-order valence-electron chi connectivity index (χ0n) is 27.3. The van der Waals surface area contributed by atoms with Gasteiger partial charge in [-0.2, -0.15) is 10.5 Å². The molecule has 0 heterocycles. The number of carbonyl (C=O) groups excluding carboxylic acids is 4. The maximum absolute atomic E-state index is 12.3. The standard InChI is InChI=1S/C19H17ClN2O3.C18H16ClN3O3/c1-12(19(24)25-2)9-13-3-6-15(7-4-13)22-18(23)16-10-14(11-21)5-8-17(16)20;1-25-18(24)16(21)9-11-2-5-13(6-3-11)22-17(23)14-8-12(10-20)4-7-15(14)19/h3-8,10,12H,9H2,1-2H3,(H,22,23);2-8,16H,9,21H2,1H3,(H,22,23). The summed E-state index contributed by atoms with van der Waals surface area (Å²) in [6.07, 6.45) is 0.883. The third kappa shape index (κ3) is 11.2. The van der Waals surface area contributed by atoms with Crippen molar-refractivity contribution in [1.82, 2.24) is 0 Å². The van der Waals surface area contributed by atoms with Gasteiger partial charge >= 0.3 is 11.9 Å². The van der Waals surface area contributed by atoms with Gasteiger partial charge in [0, 0.05) is 11.4 Å². The molecule has 4 aromatic carbocycles. The lowest BCUT2D eigenvalue weighted by atomic mass is 10.0. The second kappa shape index (κ2) is 18.7. The van der Waals surface area contributed by atoms with Crippen LogP contribution in [0.5, 0.6) is 0 Å². The van der Waals surface area contributed by atoms with E-state index < -0.39 is 23.8 Å². The average molecular weight is 715 g/mol. The Labute approximate surface area is 299 Å². The van der Waals surface area contributed by atoms with Crippen LogP contribution < -0.4 is 16.4 Å². The van der Waals surface area contributed by atoms with Gasteiger partial charge in [0.25, 0.3) is 11.8 Å². The minimum absolute atomic E-state index is 0.220. The molecule has 0 spiro atoms. The van der Waals surface area contributed by atoms with Crippen molar-refractivity contribution in [1.29, 1.82) is 10.5 Å². The summed E-state index contributed by atoms with van der Waals surface area (Å²) in [4.78, 5) is 47.4. The first-order chi connectivity index (χ1) is 23.9. The van der Waals surface area contributed by atoms with Crippen LogP contribution in [0.2, 0.25) is 10.0 Å². The predicted molar refractivity (Wildman–Crippen MR) is 190 cm³/mol. The van der Waals surface area contributed by atoms with Crippen LogP contribution in [0.3, 0.4) is 0 Å². The maximum Gasteiger partial charge on any atom is 0.322 e. The van der Waals surface area contributed by atoms with Gasteiger partial charge in [0.15, 0.2) is 0 Å². The summed E-state index contributed by atoms with van der Waals surface area (Å²) < 4.78 is 9.29. The quantitative estimate of drug-likeness (QED) is 0.158. The predicted octanol–water partition coefficient (Wildman–Crippen LogP) is 6.32. The molecule has 4 rings (SSSR count). The van der Waals surface area contributed by atoms with Crippen molar-refractivity contribution in [2.45, 2.75) is 25.8 Å². The summed E-state index contributed by atoms with van der Waals surface area (Å²) in [7, 11) is 2.65. The third-order valence-electron chi connectivity index (χ3n) is 7.21. The van der Waals surface area contributed by atoms with Crippen molar-refractivity contribution < 1.29 is 28.7 Å². The number of anilines is 2. The normalized spacial score (nSPS) is 11.3. The molecule has 0 fully saturated rings. The van der Waals surface area contributed by atoms with Crippen molar-refractivity contribution in [3.05, 3.63) is 128 Å². The number of hydrogen-bond donors (Lipinski definition) is 3. The molecule has 2 amide bonds. The van der Waals surface area contributed by atoms with Crippen LogP contribution in [0.4, 0.5) is 11.4 Å². The van der Waals surface area contributed by atoms with Gasteiger partial charge in [-0.05, 0) is 84.6 Å². The van der Waals surface area contributed by atoms with E-state index in [4.69, 9.17) is 44.2 Å². The van der Waals surface area contributed by atoms with Crippen LogP contribution in [-0.2, 0) is 31.9 Å². The lowest BCUT2D eigenvalue weighted by Gasteiger charge is -2.11. The van der Waals surface area contributed by atoms with Crippen LogP contribution >= 0.6 is 23.2 Å². The van der Waals surface area contributed by atoms with E-state index in [0.717, 1.165) is 11.1 Å². The van der Waals surface area contributed by atoms with Gasteiger partial charge in [-0.25, -0.2) is 0 Å². The molecule has 0 saturated heterocycles. The molecule has 256 valence electrons. The van der Waals surface area contributed by atoms with E-state index in [1.165, 1.54) is 38.5 Å². The largest absolute Gasteiger partial charge is 0.469 e. The molecule has 0 saturated carbocycles. The number of halogens is 2. The Bertz CT molecular complexity index is 1800. The molecule has 2 unspecified atom stereocenters. The van der Waals surface area contributed by atoms with Crippen molar-refractivity contribution >= 4 is 58.3 Å². The number of hydrogen-bond acceptors (Lipinski definition) is 9. The third-order valence-corrected chi connectivity index (χ3v) is 7.87. The molecule has 4 N–H and O–H groups in total. The Hall–Kier alpha value is -5.72. The van der Waals surface area contributed by atoms with Gasteiger partial charge < -0.3 is 25.8 Å². The molecule has 11 nitrogen and oxygen atoms in total.